The van der Waals surface area contributed by atoms with E-state index >= 15 is 0 Å². The van der Waals surface area contributed by atoms with Crippen molar-refractivity contribution in [1.29, 1.82) is 0 Å². The first-order chi connectivity index (χ1) is 9.47. The van der Waals surface area contributed by atoms with Gasteiger partial charge in [0.05, 0.1) is 11.0 Å². The summed E-state index contributed by atoms with van der Waals surface area (Å²) < 4.78 is 26.0. The Hall–Kier alpha value is -2.57. The van der Waals surface area contributed by atoms with Crippen LogP contribution in [-0.2, 0) is 0 Å². The van der Waals surface area contributed by atoms with Crippen LogP contribution in [-0.4, -0.2) is 9.91 Å². The zero-order valence-corrected chi connectivity index (χ0v) is 10.5. The van der Waals surface area contributed by atoms with Crippen LogP contribution in [0.2, 0.25) is 0 Å². The number of hydrogen-bond donors (Lipinski definition) is 1. The van der Waals surface area contributed by atoms with Crippen LogP contribution in [0, 0.1) is 21.7 Å². The molecule has 0 fully saturated rings. The molecule has 5 nitrogen and oxygen atoms in total. The van der Waals surface area contributed by atoms with Gasteiger partial charge >= 0.3 is 0 Å². The third-order valence-electron chi connectivity index (χ3n) is 2.77. The second kappa shape index (κ2) is 5.60. The van der Waals surface area contributed by atoms with Gasteiger partial charge in [-0.3, -0.25) is 10.1 Å². The van der Waals surface area contributed by atoms with Gasteiger partial charge in [0, 0.05) is 6.07 Å². The van der Waals surface area contributed by atoms with E-state index in [1.807, 2.05) is 0 Å². The van der Waals surface area contributed by atoms with Gasteiger partial charge in [0.1, 0.15) is 12.0 Å². The molecule has 1 heterocycles. The molecule has 0 saturated heterocycles. The molecule has 2 rings (SSSR count). The first-order valence-electron chi connectivity index (χ1n) is 5.79. The number of benzene rings is 1. The van der Waals surface area contributed by atoms with Crippen LogP contribution in [0.3, 0.4) is 0 Å². The number of aromatic nitrogens is 1. The minimum atomic E-state index is -0.923. The number of halogens is 2. The zero-order valence-electron chi connectivity index (χ0n) is 10.5. The molecule has 0 unspecified atom stereocenters. The molecular weight excluding hydrogens is 268 g/mol. The van der Waals surface area contributed by atoms with Gasteiger partial charge in [-0.05, 0) is 30.7 Å². The van der Waals surface area contributed by atoms with Gasteiger partial charge in [0.15, 0.2) is 11.6 Å². The lowest BCUT2D eigenvalue weighted by molar-refractivity contribution is -0.385. The van der Waals surface area contributed by atoms with E-state index in [1.165, 1.54) is 18.2 Å². The smallest absolute Gasteiger partial charge is 0.287 e. The maximum atomic E-state index is 13.1. The topological polar surface area (TPSA) is 68.1 Å². The number of nitrogens with zero attached hydrogens (tertiary/aromatic N) is 2. The van der Waals surface area contributed by atoms with Crippen LogP contribution in [0.4, 0.5) is 20.3 Å². The highest BCUT2D eigenvalue weighted by Crippen LogP contribution is 2.21. The van der Waals surface area contributed by atoms with Crippen LogP contribution in [0.1, 0.15) is 18.5 Å². The van der Waals surface area contributed by atoms with Crippen molar-refractivity contribution in [2.75, 3.05) is 5.32 Å². The summed E-state index contributed by atoms with van der Waals surface area (Å²) in [6.07, 6.45) is 1.13. The Morgan fingerprint density at radius 1 is 1.25 bits per heavy atom. The molecule has 0 spiro atoms. The van der Waals surface area contributed by atoms with Crippen LogP contribution < -0.4 is 5.32 Å². The second-order valence-electron chi connectivity index (χ2n) is 4.20. The predicted octanol–water partition coefficient (Wildman–Crippen LogP) is 3.44. The Bertz CT molecular complexity index is 632. The average molecular weight is 279 g/mol. The maximum Gasteiger partial charge on any atom is 0.287 e. The van der Waals surface area contributed by atoms with Gasteiger partial charge in [-0.15, -0.1) is 0 Å². The second-order valence-corrected chi connectivity index (χ2v) is 4.20. The van der Waals surface area contributed by atoms with Crippen molar-refractivity contribution in [2.45, 2.75) is 13.0 Å². The Morgan fingerprint density at radius 2 is 2.00 bits per heavy atom. The summed E-state index contributed by atoms with van der Waals surface area (Å²) in [6.45, 7) is 1.75. The van der Waals surface area contributed by atoms with E-state index in [0.717, 1.165) is 18.3 Å². The largest absolute Gasteiger partial charge is 0.364 e. The van der Waals surface area contributed by atoms with Gasteiger partial charge in [0.25, 0.3) is 5.69 Å². The predicted molar refractivity (Wildman–Crippen MR) is 69.3 cm³/mol. The summed E-state index contributed by atoms with van der Waals surface area (Å²) in [5.41, 5.74) is 0.431. The molecule has 0 aliphatic rings. The van der Waals surface area contributed by atoms with Gasteiger partial charge in [-0.2, -0.15) is 0 Å². The van der Waals surface area contributed by atoms with Crippen molar-refractivity contribution >= 4 is 11.5 Å². The molecule has 1 aromatic carbocycles. The van der Waals surface area contributed by atoms with Crippen molar-refractivity contribution < 1.29 is 13.7 Å². The molecule has 1 atom stereocenters. The lowest BCUT2D eigenvalue weighted by Crippen LogP contribution is -2.08. The third-order valence-corrected chi connectivity index (χ3v) is 2.77. The Labute approximate surface area is 113 Å². The van der Waals surface area contributed by atoms with Gasteiger partial charge in [-0.25, -0.2) is 13.8 Å². The van der Waals surface area contributed by atoms with E-state index in [9.17, 15) is 18.9 Å². The minimum absolute atomic E-state index is 0.115. The molecule has 0 radical (unpaired) electrons. The highest BCUT2D eigenvalue weighted by molar-refractivity contribution is 5.42. The van der Waals surface area contributed by atoms with Crippen LogP contribution in [0.15, 0.2) is 36.5 Å². The zero-order chi connectivity index (χ0) is 14.7. The highest BCUT2D eigenvalue weighted by atomic mass is 19.2. The fourth-order valence-corrected chi connectivity index (χ4v) is 1.67. The lowest BCUT2D eigenvalue weighted by Gasteiger charge is -2.14. The molecule has 7 heteroatoms. The fourth-order valence-electron chi connectivity index (χ4n) is 1.67. The molecule has 2 aromatic rings. The normalized spacial score (nSPS) is 11.9. The molecule has 0 saturated carbocycles. The van der Waals surface area contributed by atoms with Gasteiger partial charge in [0.2, 0.25) is 0 Å². The number of nitro groups is 1. The summed E-state index contributed by atoms with van der Waals surface area (Å²) in [5, 5.41) is 13.4. The SMILES string of the molecule is C[C@@H](Nc1ccc([N+](=O)[O-])cn1)c1ccc(F)c(F)c1. The lowest BCUT2D eigenvalue weighted by atomic mass is 10.1. The molecule has 1 N–H and O–H groups in total. The first-order valence-corrected chi connectivity index (χ1v) is 5.79. The van der Waals surface area contributed by atoms with Crippen molar-refractivity contribution in [1.82, 2.24) is 4.98 Å². The van der Waals surface area contributed by atoms with Crippen LogP contribution >= 0.6 is 0 Å². The summed E-state index contributed by atoms with van der Waals surface area (Å²) in [4.78, 5) is 13.8. The average Bonchev–Trinajstić information content (AvgIpc) is 2.42. The fraction of sp³-hybridized carbons (Fsp3) is 0.154. The van der Waals surface area contributed by atoms with E-state index in [1.54, 1.807) is 6.92 Å². The number of rotatable bonds is 4. The third kappa shape index (κ3) is 3.05. The summed E-state index contributed by atoms with van der Waals surface area (Å²) >= 11 is 0. The monoisotopic (exact) mass is 279 g/mol. The Morgan fingerprint density at radius 3 is 2.55 bits per heavy atom. The molecule has 0 aliphatic heterocycles. The molecule has 0 aliphatic carbocycles. The highest BCUT2D eigenvalue weighted by Gasteiger charge is 2.11. The van der Waals surface area contributed by atoms with Crippen molar-refractivity contribution in [2.24, 2.45) is 0 Å². The molecular formula is C13H11F2N3O2. The number of anilines is 1. The summed E-state index contributed by atoms with van der Waals surface area (Å²) in [6, 6.07) is 6.05. The van der Waals surface area contributed by atoms with E-state index in [2.05, 4.69) is 10.3 Å². The van der Waals surface area contributed by atoms with E-state index in [4.69, 9.17) is 0 Å². The maximum absolute atomic E-state index is 13.1. The molecule has 1 aromatic heterocycles. The molecule has 0 bridgehead atoms. The number of pyridine rings is 1. The quantitative estimate of drug-likeness (QED) is 0.687. The number of hydrogen-bond acceptors (Lipinski definition) is 4. The standard InChI is InChI=1S/C13H11F2N3O2/c1-8(9-2-4-11(14)12(15)6-9)17-13-5-3-10(7-16-13)18(19)20/h2-8H,1H3,(H,16,17)/t8-/m1/s1. The van der Waals surface area contributed by atoms with Gasteiger partial charge < -0.3 is 5.32 Å². The van der Waals surface area contributed by atoms with Gasteiger partial charge in [-0.1, -0.05) is 6.07 Å². The molecule has 104 valence electrons. The Balaban J connectivity index is 2.12. The minimum Gasteiger partial charge on any atom is -0.364 e. The van der Waals surface area contributed by atoms with E-state index in [-0.39, 0.29) is 11.7 Å². The van der Waals surface area contributed by atoms with Crippen molar-refractivity contribution in [3.05, 3.63) is 63.8 Å². The first kappa shape index (κ1) is 13.9. The van der Waals surface area contributed by atoms with Crippen molar-refractivity contribution in [3.8, 4) is 0 Å². The molecule has 0 amide bonds. The Kier molecular flexibility index (Phi) is 3.88. The van der Waals surface area contributed by atoms with Crippen LogP contribution in [0.5, 0.6) is 0 Å². The summed E-state index contributed by atoms with van der Waals surface area (Å²) in [7, 11) is 0. The number of nitrogens with one attached hydrogen (secondary N) is 1. The molecule has 20 heavy (non-hydrogen) atoms. The van der Waals surface area contributed by atoms with E-state index < -0.39 is 16.6 Å². The van der Waals surface area contributed by atoms with E-state index in [0.29, 0.717) is 11.4 Å². The van der Waals surface area contributed by atoms with Crippen molar-refractivity contribution in [3.63, 3.8) is 0 Å². The summed E-state index contributed by atoms with van der Waals surface area (Å²) in [5.74, 6) is -1.42. The van der Waals surface area contributed by atoms with Crippen LogP contribution in [0.25, 0.3) is 0 Å².